The summed E-state index contributed by atoms with van der Waals surface area (Å²) in [6.45, 7) is 1.43. The smallest absolute Gasteiger partial charge is 0.271 e. The zero-order chi connectivity index (χ0) is 16.4. The molecule has 0 aromatic heterocycles. The molecule has 1 unspecified atom stereocenters. The van der Waals surface area contributed by atoms with E-state index in [1.807, 2.05) is 4.90 Å². The van der Waals surface area contributed by atoms with E-state index < -0.39 is 4.92 Å². The summed E-state index contributed by atoms with van der Waals surface area (Å²) < 4.78 is 0. The number of rotatable bonds is 4. The summed E-state index contributed by atoms with van der Waals surface area (Å²) in [6, 6.07) is 4.55. The second kappa shape index (κ2) is 6.74. The third-order valence-corrected chi connectivity index (χ3v) is 5.04. The first kappa shape index (κ1) is 16.1. The van der Waals surface area contributed by atoms with Gasteiger partial charge in [-0.15, -0.1) is 0 Å². The number of anilines is 1. The number of hydrogen-bond acceptors (Lipinski definition) is 4. The Kier molecular flexibility index (Phi) is 4.71. The van der Waals surface area contributed by atoms with E-state index >= 15 is 0 Å². The fourth-order valence-corrected chi connectivity index (χ4v) is 3.69. The molecule has 0 spiro atoms. The number of likely N-dealkylation sites (tertiary alicyclic amines) is 1. The first-order valence-corrected chi connectivity index (χ1v) is 8.41. The minimum absolute atomic E-state index is 0.0231. The molecule has 1 atom stereocenters. The van der Waals surface area contributed by atoms with Gasteiger partial charge >= 0.3 is 0 Å². The summed E-state index contributed by atoms with van der Waals surface area (Å²) in [5.41, 5.74) is 0.655. The lowest BCUT2D eigenvalue weighted by molar-refractivity contribution is -0.384. The number of non-ortho nitro benzene ring substituents is 1. The van der Waals surface area contributed by atoms with Crippen molar-refractivity contribution in [3.63, 3.8) is 0 Å². The summed E-state index contributed by atoms with van der Waals surface area (Å²) in [4.78, 5) is 24.6. The summed E-state index contributed by atoms with van der Waals surface area (Å²) in [7, 11) is 0. The highest BCUT2D eigenvalue weighted by molar-refractivity contribution is 6.33. The van der Waals surface area contributed by atoms with Crippen molar-refractivity contribution in [2.75, 3.05) is 18.4 Å². The van der Waals surface area contributed by atoms with Gasteiger partial charge in [0, 0.05) is 37.2 Å². The van der Waals surface area contributed by atoms with E-state index in [1.165, 1.54) is 12.1 Å². The van der Waals surface area contributed by atoms with Gasteiger partial charge in [0.05, 0.1) is 15.6 Å². The van der Waals surface area contributed by atoms with E-state index in [4.69, 9.17) is 11.6 Å². The van der Waals surface area contributed by atoms with Crippen LogP contribution in [-0.4, -0.2) is 34.9 Å². The van der Waals surface area contributed by atoms with Gasteiger partial charge in [-0.05, 0) is 25.3 Å². The van der Waals surface area contributed by atoms with E-state index in [2.05, 4.69) is 5.32 Å². The van der Waals surface area contributed by atoms with Crippen LogP contribution in [0.4, 0.5) is 11.4 Å². The van der Waals surface area contributed by atoms with Gasteiger partial charge in [0.25, 0.3) is 5.69 Å². The van der Waals surface area contributed by atoms with E-state index in [0.717, 1.165) is 38.6 Å². The Morgan fingerprint density at radius 1 is 1.30 bits per heavy atom. The van der Waals surface area contributed by atoms with E-state index in [0.29, 0.717) is 17.3 Å². The molecule has 0 radical (unpaired) electrons. The average molecular weight is 338 g/mol. The van der Waals surface area contributed by atoms with Crippen molar-refractivity contribution >= 4 is 28.9 Å². The Morgan fingerprint density at radius 3 is 2.70 bits per heavy atom. The molecule has 124 valence electrons. The molecule has 2 aliphatic rings. The largest absolute Gasteiger partial charge is 0.379 e. The van der Waals surface area contributed by atoms with Crippen LogP contribution in [0, 0.1) is 16.0 Å². The van der Waals surface area contributed by atoms with Crippen LogP contribution < -0.4 is 5.32 Å². The number of carbonyl (C=O) groups is 1. The monoisotopic (exact) mass is 337 g/mol. The van der Waals surface area contributed by atoms with Crippen molar-refractivity contribution in [1.29, 1.82) is 0 Å². The Morgan fingerprint density at radius 2 is 2.04 bits per heavy atom. The van der Waals surface area contributed by atoms with E-state index in [1.54, 1.807) is 6.07 Å². The summed E-state index contributed by atoms with van der Waals surface area (Å²) in [5.74, 6) is 0.485. The molecule has 1 aliphatic heterocycles. The van der Waals surface area contributed by atoms with Gasteiger partial charge in [-0.25, -0.2) is 0 Å². The van der Waals surface area contributed by atoms with Gasteiger partial charge in [0.2, 0.25) is 5.91 Å². The first-order valence-electron chi connectivity index (χ1n) is 8.04. The predicted molar refractivity (Wildman–Crippen MR) is 88.7 cm³/mol. The Hall–Kier alpha value is -1.82. The lowest BCUT2D eigenvalue weighted by Gasteiger charge is -2.21. The van der Waals surface area contributed by atoms with Crippen molar-refractivity contribution in [2.24, 2.45) is 5.92 Å². The molecule has 1 aliphatic carbocycles. The van der Waals surface area contributed by atoms with Gasteiger partial charge in [0.1, 0.15) is 0 Å². The lowest BCUT2D eigenvalue weighted by Crippen LogP contribution is -2.35. The highest BCUT2D eigenvalue weighted by atomic mass is 35.5. The van der Waals surface area contributed by atoms with Crippen molar-refractivity contribution in [1.82, 2.24) is 4.90 Å². The minimum atomic E-state index is -0.465. The molecular weight excluding hydrogens is 318 g/mol. The number of halogens is 1. The molecule has 3 rings (SSSR count). The average Bonchev–Trinajstić information content (AvgIpc) is 3.19. The van der Waals surface area contributed by atoms with Crippen molar-refractivity contribution < 1.29 is 9.72 Å². The molecule has 1 saturated heterocycles. The van der Waals surface area contributed by atoms with Gasteiger partial charge < -0.3 is 10.2 Å². The molecular formula is C16H20ClN3O3. The van der Waals surface area contributed by atoms with Crippen LogP contribution in [0.1, 0.15) is 32.1 Å². The maximum Gasteiger partial charge on any atom is 0.271 e. The maximum atomic E-state index is 12.4. The highest BCUT2D eigenvalue weighted by Crippen LogP contribution is 2.30. The van der Waals surface area contributed by atoms with Gasteiger partial charge in [-0.3, -0.25) is 14.9 Å². The maximum absolute atomic E-state index is 12.4. The summed E-state index contributed by atoms with van der Waals surface area (Å²) in [6.07, 6.45) is 5.21. The first-order chi connectivity index (χ1) is 11.0. The highest BCUT2D eigenvalue weighted by Gasteiger charge is 2.32. The Balaban J connectivity index is 1.59. The third kappa shape index (κ3) is 3.58. The summed E-state index contributed by atoms with van der Waals surface area (Å²) >= 11 is 6.11. The predicted octanol–water partition coefficient (Wildman–Crippen LogP) is 3.45. The van der Waals surface area contributed by atoms with Crippen molar-refractivity contribution in [3.05, 3.63) is 33.3 Å². The van der Waals surface area contributed by atoms with E-state index in [9.17, 15) is 14.9 Å². The molecule has 1 N–H and O–H groups in total. The summed E-state index contributed by atoms with van der Waals surface area (Å²) in [5, 5.41) is 14.4. The molecule has 6 nitrogen and oxygen atoms in total. The standard InChI is InChI=1S/C16H20ClN3O3/c17-14-9-13(20(22)23)5-6-15(14)18-12-7-8-19(10-12)16(21)11-3-1-2-4-11/h5-6,9,11-12,18H,1-4,7-8,10H2. The van der Waals surface area contributed by atoms with Crippen LogP contribution in [0.5, 0.6) is 0 Å². The van der Waals surface area contributed by atoms with Gasteiger partial charge in [-0.2, -0.15) is 0 Å². The lowest BCUT2D eigenvalue weighted by atomic mass is 10.1. The molecule has 7 heteroatoms. The SMILES string of the molecule is O=C(C1CCCC1)N1CCC(Nc2ccc([N+](=O)[O-])cc2Cl)C1. The van der Waals surface area contributed by atoms with Gasteiger partial charge in [0.15, 0.2) is 0 Å². The number of nitrogens with zero attached hydrogens (tertiary/aromatic N) is 2. The van der Waals surface area contributed by atoms with Crippen molar-refractivity contribution in [3.8, 4) is 0 Å². The minimum Gasteiger partial charge on any atom is -0.379 e. The fraction of sp³-hybridized carbons (Fsp3) is 0.562. The number of nitro groups is 1. The molecule has 2 fully saturated rings. The molecule has 23 heavy (non-hydrogen) atoms. The zero-order valence-electron chi connectivity index (χ0n) is 12.8. The van der Waals surface area contributed by atoms with Crippen LogP contribution >= 0.6 is 11.6 Å². The van der Waals surface area contributed by atoms with Crippen LogP contribution in [0.15, 0.2) is 18.2 Å². The number of nitro benzene ring substituents is 1. The van der Waals surface area contributed by atoms with Crippen molar-refractivity contribution in [2.45, 2.75) is 38.1 Å². The second-order valence-corrected chi connectivity index (χ2v) is 6.72. The molecule has 1 heterocycles. The quantitative estimate of drug-likeness (QED) is 0.674. The van der Waals surface area contributed by atoms with E-state index in [-0.39, 0.29) is 23.6 Å². The second-order valence-electron chi connectivity index (χ2n) is 6.32. The molecule has 1 aromatic carbocycles. The van der Waals surface area contributed by atoms with Crippen LogP contribution in [0.25, 0.3) is 0 Å². The van der Waals surface area contributed by atoms with Crippen LogP contribution in [0.2, 0.25) is 5.02 Å². The fourth-order valence-electron chi connectivity index (χ4n) is 3.46. The topological polar surface area (TPSA) is 75.5 Å². The third-order valence-electron chi connectivity index (χ3n) is 4.73. The number of carbonyl (C=O) groups excluding carboxylic acids is 1. The zero-order valence-corrected chi connectivity index (χ0v) is 13.6. The Bertz CT molecular complexity index is 617. The normalized spacial score (nSPS) is 21.6. The number of nitrogens with one attached hydrogen (secondary N) is 1. The molecule has 1 amide bonds. The molecule has 1 aromatic rings. The number of hydrogen-bond donors (Lipinski definition) is 1. The molecule has 1 saturated carbocycles. The van der Waals surface area contributed by atoms with Crippen LogP contribution in [-0.2, 0) is 4.79 Å². The Labute approximate surface area is 139 Å². The van der Waals surface area contributed by atoms with Gasteiger partial charge in [-0.1, -0.05) is 24.4 Å². The number of amides is 1. The molecule has 0 bridgehead atoms. The van der Waals surface area contributed by atoms with Crippen LogP contribution in [0.3, 0.4) is 0 Å². The number of benzene rings is 1.